The molecule has 0 saturated heterocycles. The maximum atomic E-state index is 12.0. The third kappa shape index (κ3) is 2.81. The molecule has 4 nitrogen and oxygen atoms in total. The quantitative estimate of drug-likeness (QED) is 0.871. The average molecular weight is 281 g/mol. The minimum absolute atomic E-state index is 0.152. The molecule has 1 unspecified atom stereocenters. The highest BCUT2D eigenvalue weighted by atomic mass is 32.1. The summed E-state index contributed by atoms with van der Waals surface area (Å²) in [7, 11) is 0. The highest BCUT2D eigenvalue weighted by molar-refractivity contribution is 7.14. The number of carbonyl (C=O) groups is 2. The van der Waals surface area contributed by atoms with E-state index in [-0.39, 0.29) is 12.5 Å². The summed E-state index contributed by atoms with van der Waals surface area (Å²) >= 11 is 1.54. The van der Waals surface area contributed by atoms with Crippen LogP contribution in [0.1, 0.15) is 46.8 Å². The predicted octanol–water partition coefficient (Wildman–Crippen LogP) is 2.47. The van der Waals surface area contributed by atoms with Crippen molar-refractivity contribution in [2.45, 2.75) is 39.5 Å². The van der Waals surface area contributed by atoms with Crippen LogP contribution in [-0.2, 0) is 17.6 Å². The number of thiophene rings is 1. The van der Waals surface area contributed by atoms with Gasteiger partial charge in [0.25, 0.3) is 5.91 Å². The van der Waals surface area contributed by atoms with E-state index < -0.39 is 11.4 Å². The number of carboxylic acid groups (broad SMARTS) is 1. The van der Waals surface area contributed by atoms with Crippen molar-refractivity contribution >= 4 is 23.2 Å². The molecule has 5 heteroatoms. The Balaban J connectivity index is 1.99. The van der Waals surface area contributed by atoms with Gasteiger partial charge >= 0.3 is 5.97 Å². The van der Waals surface area contributed by atoms with Gasteiger partial charge in [-0.15, -0.1) is 11.3 Å². The molecule has 2 N–H and O–H groups in total. The van der Waals surface area contributed by atoms with E-state index >= 15 is 0 Å². The zero-order valence-corrected chi connectivity index (χ0v) is 12.1. The smallest absolute Gasteiger partial charge is 0.311 e. The third-order valence-corrected chi connectivity index (χ3v) is 5.14. The van der Waals surface area contributed by atoms with Gasteiger partial charge in [0.1, 0.15) is 0 Å². The number of aryl methyl sites for hydroxylation is 2. The molecular formula is C14H19NO3S. The summed E-state index contributed by atoms with van der Waals surface area (Å²) in [6.07, 6.45) is 3.79. The van der Waals surface area contributed by atoms with Crippen LogP contribution in [0.4, 0.5) is 0 Å². The molecule has 1 aromatic heterocycles. The summed E-state index contributed by atoms with van der Waals surface area (Å²) in [5, 5.41) is 11.9. The molecular weight excluding hydrogens is 262 g/mol. The topological polar surface area (TPSA) is 66.4 Å². The normalized spacial score (nSPS) is 16.7. The van der Waals surface area contributed by atoms with Crippen molar-refractivity contribution in [3.63, 3.8) is 0 Å². The Morgan fingerprint density at radius 3 is 2.79 bits per heavy atom. The molecule has 0 aromatic carbocycles. The summed E-state index contributed by atoms with van der Waals surface area (Å²) < 4.78 is 0. The molecule has 19 heavy (non-hydrogen) atoms. The summed E-state index contributed by atoms with van der Waals surface area (Å²) in [5.41, 5.74) is 0.391. The Hall–Kier alpha value is -1.36. The first-order valence-electron chi connectivity index (χ1n) is 6.59. The molecule has 2 rings (SSSR count). The zero-order chi connectivity index (χ0) is 14.0. The van der Waals surface area contributed by atoms with Gasteiger partial charge in [0.2, 0.25) is 0 Å². The molecule has 1 heterocycles. The maximum Gasteiger partial charge on any atom is 0.311 e. The van der Waals surface area contributed by atoms with Gasteiger partial charge in [0.05, 0.1) is 10.3 Å². The minimum Gasteiger partial charge on any atom is -0.481 e. The lowest BCUT2D eigenvalue weighted by atomic mass is 9.88. The second kappa shape index (κ2) is 5.33. The molecule has 0 radical (unpaired) electrons. The van der Waals surface area contributed by atoms with E-state index in [1.54, 1.807) is 6.92 Å². The van der Waals surface area contributed by atoms with Crippen LogP contribution in [0.15, 0.2) is 6.07 Å². The fraction of sp³-hybridized carbons (Fsp3) is 0.571. The van der Waals surface area contributed by atoms with Crippen molar-refractivity contribution in [2.24, 2.45) is 5.41 Å². The van der Waals surface area contributed by atoms with E-state index in [9.17, 15) is 9.59 Å². The number of carbonyl (C=O) groups excluding carboxylic acids is 1. The van der Waals surface area contributed by atoms with E-state index in [0.717, 1.165) is 12.8 Å². The first kappa shape index (κ1) is 14.1. The molecule has 0 fully saturated rings. The number of aliphatic carboxylic acids is 1. The Labute approximate surface area is 116 Å². The van der Waals surface area contributed by atoms with Crippen LogP contribution in [-0.4, -0.2) is 23.5 Å². The molecule has 0 spiro atoms. The molecule has 1 aromatic rings. The van der Waals surface area contributed by atoms with Crippen molar-refractivity contribution < 1.29 is 14.7 Å². The van der Waals surface area contributed by atoms with Crippen LogP contribution in [0.25, 0.3) is 0 Å². The van der Waals surface area contributed by atoms with Gasteiger partial charge in [-0.3, -0.25) is 9.59 Å². The Bertz CT molecular complexity index is 487. The van der Waals surface area contributed by atoms with Gasteiger partial charge in [-0.1, -0.05) is 6.92 Å². The molecule has 1 aliphatic carbocycles. The standard InChI is InChI=1S/C14H19NO3S/c1-3-14(2,13(17)18)8-15-12(16)11-7-9-5-4-6-10(9)19-11/h7H,3-6,8H2,1-2H3,(H,15,16)(H,17,18). The van der Waals surface area contributed by atoms with E-state index in [2.05, 4.69) is 5.32 Å². The minimum atomic E-state index is -0.893. The van der Waals surface area contributed by atoms with Crippen molar-refractivity contribution in [2.75, 3.05) is 6.54 Å². The van der Waals surface area contributed by atoms with E-state index in [0.29, 0.717) is 11.3 Å². The van der Waals surface area contributed by atoms with E-state index in [4.69, 9.17) is 5.11 Å². The number of rotatable bonds is 5. The molecule has 104 valence electrons. The molecule has 1 aliphatic rings. The van der Waals surface area contributed by atoms with Gasteiger partial charge in [-0.2, -0.15) is 0 Å². The van der Waals surface area contributed by atoms with Gasteiger partial charge in [0.15, 0.2) is 0 Å². The zero-order valence-electron chi connectivity index (χ0n) is 11.3. The molecule has 0 aliphatic heterocycles. The summed E-state index contributed by atoms with van der Waals surface area (Å²) in [5.74, 6) is -1.02. The summed E-state index contributed by atoms with van der Waals surface area (Å²) in [6, 6.07) is 1.95. The first-order chi connectivity index (χ1) is 8.96. The fourth-order valence-corrected chi connectivity index (χ4v) is 3.33. The second-order valence-electron chi connectivity index (χ2n) is 5.31. The van der Waals surface area contributed by atoms with Gasteiger partial charge < -0.3 is 10.4 Å². The highest BCUT2D eigenvalue weighted by Crippen LogP contribution is 2.30. The maximum absolute atomic E-state index is 12.0. The van der Waals surface area contributed by atoms with Crippen LogP contribution in [0, 0.1) is 5.41 Å². The third-order valence-electron chi connectivity index (χ3n) is 3.91. The van der Waals surface area contributed by atoms with Crippen molar-refractivity contribution in [1.29, 1.82) is 0 Å². The van der Waals surface area contributed by atoms with Crippen molar-refractivity contribution in [1.82, 2.24) is 5.32 Å². The Morgan fingerprint density at radius 2 is 2.21 bits per heavy atom. The molecule has 1 amide bonds. The number of carboxylic acids is 1. The highest BCUT2D eigenvalue weighted by Gasteiger charge is 2.31. The van der Waals surface area contributed by atoms with Crippen molar-refractivity contribution in [3.8, 4) is 0 Å². The Morgan fingerprint density at radius 1 is 1.47 bits per heavy atom. The van der Waals surface area contributed by atoms with Gasteiger partial charge in [0, 0.05) is 11.4 Å². The molecule has 0 saturated carbocycles. The van der Waals surface area contributed by atoms with Crippen LogP contribution in [0.3, 0.4) is 0 Å². The van der Waals surface area contributed by atoms with Crippen LogP contribution >= 0.6 is 11.3 Å². The van der Waals surface area contributed by atoms with Gasteiger partial charge in [-0.25, -0.2) is 0 Å². The van der Waals surface area contributed by atoms with E-state index in [1.807, 2.05) is 13.0 Å². The predicted molar refractivity (Wildman–Crippen MR) is 74.7 cm³/mol. The number of amides is 1. The Kier molecular flexibility index (Phi) is 3.94. The number of nitrogens with one attached hydrogen (secondary N) is 1. The number of fused-ring (bicyclic) bond motifs is 1. The van der Waals surface area contributed by atoms with Gasteiger partial charge in [-0.05, 0) is 44.2 Å². The monoisotopic (exact) mass is 281 g/mol. The largest absolute Gasteiger partial charge is 0.481 e. The average Bonchev–Trinajstić information content (AvgIpc) is 2.95. The van der Waals surface area contributed by atoms with Crippen LogP contribution < -0.4 is 5.32 Å². The number of hydrogen-bond donors (Lipinski definition) is 2. The lowest BCUT2D eigenvalue weighted by Crippen LogP contribution is -2.40. The second-order valence-corrected chi connectivity index (χ2v) is 6.45. The lowest BCUT2D eigenvalue weighted by Gasteiger charge is -2.22. The summed E-state index contributed by atoms with van der Waals surface area (Å²) in [6.45, 7) is 3.64. The molecule has 1 atom stereocenters. The molecule has 0 bridgehead atoms. The first-order valence-corrected chi connectivity index (χ1v) is 7.41. The number of hydrogen-bond acceptors (Lipinski definition) is 3. The van der Waals surface area contributed by atoms with Crippen LogP contribution in [0.2, 0.25) is 0 Å². The summed E-state index contributed by atoms with van der Waals surface area (Å²) in [4.78, 5) is 25.2. The SMILES string of the molecule is CCC(C)(CNC(=O)c1cc2c(s1)CCC2)C(=O)O. The van der Waals surface area contributed by atoms with Crippen molar-refractivity contribution in [3.05, 3.63) is 21.4 Å². The lowest BCUT2D eigenvalue weighted by molar-refractivity contribution is -0.147. The fourth-order valence-electron chi connectivity index (χ4n) is 2.16. The van der Waals surface area contributed by atoms with E-state index in [1.165, 1.54) is 28.2 Å². The van der Waals surface area contributed by atoms with Crippen LogP contribution in [0.5, 0.6) is 0 Å².